The van der Waals surface area contributed by atoms with E-state index in [1.807, 2.05) is 43.3 Å². The Kier molecular flexibility index (Phi) is 6.16. The zero-order chi connectivity index (χ0) is 23.7. The van der Waals surface area contributed by atoms with E-state index < -0.39 is 10.0 Å². The van der Waals surface area contributed by atoms with Crippen LogP contribution >= 0.6 is 11.6 Å². The molecule has 0 spiro atoms. The molecule has 2 N–H and O–H groups in total. The van der Waals surface area contributed by atoms with Gasteiger partial charge in [0.1, 0.15) is 11.6 Å². The van der Waals surface area contributed by atoms with Gasteiger partial charge in [0.25, 0.3) is 0 Å². The molecule has 1 fully saturated rings. The van der Waals surface area contributed by atoms with Crippen molar-refractivity contribution in [3.8, 4) is 0 Å². The summed E-state index contributed by atoms with van der Waals surface area (Å²) in [5.74, 6) is 1.45. The molecule has 3 heterocycles. The van der Waals surface area contributed by atoms with Crippen LogP contribution in [0.25, 0.3) is 5.70 Å². The quantitative estimate of drug-likeness (QED) is 0.554. The number of halogens is 1. The maximum atomic E-state index is 13.4. The molecule has 0 aliphatic carbocycles. The summed E-state index contributed by atoms with van der Waals surface area (Å²) in [4.78, 5) is 11.1. The Morgan fingerprint density at radius 1 is 1.06 bits per heavy atom. The summed E-state index contributed by atoms with van der Waals surface area (Å²) in [6.07, 6.45) is 3.76. The lowest BCUT2D eigenvalue weighted by Crippen LogP contribution is -2.48. The van der Waals surface area contributed by atoms with Crippen LogP contribution in [0.5, 0.6) is 0 Å². The van der Waals surface area contributed by atoms with Gasteiger partial charge in [-0.3, -0.25) is 0 Å². The van der Waals surface area contributed by atoms with Gasteiger partial charge in [-0.05, 0) is 49.4 Å². The minimum Gasteiger partial charge on any atom is -0.369 e. The van der Waals surface area contributed by atoms with E-state index in [1.165, 1.54) is 0 Å². The lowest BCUT2D eigenvalue weighted by Gasteiger charge is -2.35. The molecular weight excluding hydrogens is 472 g/mol. The first-order valence-corrected chi connectivity index (χ1v) is 12.9. The highest BCUT2D eigenvalue weighted by molar-refractivity contribution is 7.89. The number of fused-ring (bicyclic) bond motifs is 1. The Labute approximate surface area is 204 Å². The van der Waals surface area contributed by atoms with Crippen molar-refractivity contribution < 1.29 is 8.42 Å². The molecule has 0 atom stereocenters. The number of anilines is 3. The van der Waals surface area contributed by atoms with Crippen molar-refractivity contribution in [1.82, 2.24) is 14.3 Å². The predicted octanol–water partition coefficient (Wildman–Crippen LogP) is 3.83. The summed E-state index contributed by atoms with van der Waals surface area (Å²) >= 11 is 6.11. The maximum Gasteiger partial charge on any atom is 0.243 e. The highest BCUT2D eigenvalue weighted by Crippen LogP contribution is 2.29. The van der Waals surface area contributed by atoms with Gasteiger partial charge in [-0.15, -0.1) is 0 Å². The fraction of sp³-hybridized carbons (Fsp3) is 0.250. The van der Waals surface area contributed by atoms with Crippen molar-refractivity contribution in [2.75, 3.05) is 48.3 Å². The second kappa shape index (κ2) is 9.25. The first-order chi connectivity index (χ1) is 16.4. The zero-order valence-electron chi connectivity index (χ0n) is 18.7. The Bertz CT molecular complexity index is 1350. The van der Waals surface area contributed by atoms with Crippen molar-refractivity contribution in [2.45, 2.75) is 11.8 Å². The number of sulfonamides is 1. The highest BCUT2D eigenvalue weighted by atomic mass is 35.5. The summed E-state index contributed by atoms with van der Waals surface area (Å²) in [6, 6.07) is 14.6. The van der Waals surface area contributed by atoms with Crippen LogP contribution < -0.4 is 15.5 Å². The molecule has 34 heavy (non-hydrogen) atoms. The molecule has 2 aliphatic rings. The number of aryl methyl sites for hydroxylation is 1. The van der Waals surface area contributed by atoms with Crippen LogP contribution in [0.15, 0.2) is 65.7 Å². The number of piperazine rings is 1. The van der Waals surface area contributed by atoms with Crippen molar-refractivity contribution in [2.24, 2.45) is 0 Å². The Morgan fingerprint density at radius 2 is 1.85 bits per heavy atom. The predicted molar refractivity (Wildman–Crippen MR) is 136 cm³/mol. The number of benzene rings is 2. The van der Waals surface area contributed by atoms with Gasteiger partial charge in [0.05, 0.1) is 10.5 Å². The molecule has 0 radical (unpaired) electrons. The Balaban J connectivity index is 1.31. The van der Waals surface area contributed by atoms with E-state index in [9.17, 15) is 8.42 Å². The molecular formula is C24H25ClN6O2S. The normalized spacial score (nSPS) is 16.4. The van der Waals surface area contributed by atoms with Gasteiger partial charge in [-0.1, -0.05) is 23.7 Å². The van der Waals surface area contributed by atoms with E-state index in [2.05, 4.69) is 25.5 Å². The van der Waals surface area contributed by atoms with Crippen LogP contribution in [-0.4, -0.2) is 55.4 Å². The van der Waals surface area contributed by atoms with Gasteiger partial charge in [-0.25, -0.2) is 18.4 Å². The Hall–Kier alpha value is -3.14. The summed E-state index contributed by atoms with van der Waals surface area (Å²) in [7, 11) is -3.62. The topological polar surface area (TPSA) is 90.5 Å². The third-order valence-electron chi connectivity index (χ3n) is 5.94. The summed E-state index contributed by atoms with van der Waals surface area (Å²) in [5.41, 5.74) is 3.39. The molecule has 1 saturated heterocycles. The van der Waals surface area contributed by atoms with Gasteiger partial charge < -0.3 is 15.5 Å². The molecule has 5 rings (SSSR count). The standard InChI is InChI=1S/C24H25ClN6O2S/c1-17-27-16-22-23(8-9-26-24(22)28-17)29-19-5-3-7-21(15-19)34(32,33)31-12-10-30(11-13-31)20-6-2-4-18(25)14-20/h2-8,14-16,29H,9-13H2,1H3,(H,26,27,28). The van der Waals surface area contributed by atoms with Crippen LogP contribution in [0.4, 0.5) is 17.2 Å². The number of aromatic nitrogens is 2. The minimum absolute atomic E-state index is 0.267. The van der Waals surface area contributed by atoms with Gasteiger partial charge in [-0.2, -0.15) is 4.31 Å². The van der Waals surface area contributed by atoms with Gasteiger partial charge in [0, 0.05) is 61.0 Å². The van der Waals surface area contributed by atoms with Gasteiger partial charge in [0.2, 0.25) is 10.0 Å². The SMILES string of the molecule is Cc1ncc2c(n1)NCC=C2Nc1cccc(S(=O)(=O)N2CCN(c3cccc(Cl)c3)CC2)c1. The largest absolute Gasteiger partial charge is 0.369 e. The van der Waals surface area contributed by atoms with Crippen LogP contribution in [-0.2, 0) is 10.0 Å². The molecule has 0 bridgehead atoms. The average Bonchev–Trinajstić information content (AvgIpc) is 2.84. The molecule has 176 valence electrons. The molecule has 1 aromatic heterocycles. The van der Waals surface area contributed by atoms with E-state index >= 15 is 0 Å². The first kappa shape index (κ1) is 22.6. The minimum atomic E-state index is -3.62. The monoisotopic (exact) mass is 496 g/mol. The molecule has 2 aliphatic heterocycles. The average molecular weight is 497 g/mol. The number of nitrogens with zero attached hydrogens (tertiary/aromatic N) is 4. The summed E-state index contributed by atoms with van der Waals surface area (Å²) in [6.45, 7) is 4.50. The highest BCUT2D eigenvalue weighted by Gasteiger charge is 2.29. The zero-order valence-corrected chi connectivity index (χ0v) is 20.3. The van der Waals surface area contributed by atoms with Gasteiger partial charge in [0.15, 0.2) is 0 Å². The molecule has 0 amide bonds. The van der Waals surface area contributed by atoms with Crippen LogP contribution in [0.2, 0.25) is 5.02 Å². The first-order valence-electron chi connectivity index (χ1n) is 11.1. The van der Waals surface area contributed by atoms with E-state index in [0.717, 1.165) is 22.8 Å². The molecule has 0 unspecified atom stereocenters. The van der Waals surface area contributed by atoms with Gasteiger partial charge >= 0.3 is 0 Å². The van der Waals surface area contributed by atoms with Crippen molar-refractivity contribution in [3.63, 3.8) is 0 Å². The van der Waals surface area contributed by atoms with E-state index in [4.69, 9.17) is 11.6 Å². The van der Waals surface area contributed by atoms with Crippen LogP contribution in [0.1, 0.15) is 11.4 Å². The summed E-state index contributed by atoms with van der Waals surface area (Å²) < 4.78 is 28.3. The van der Waals surface area contributed by atoms with Crippen molar-refractivity contribution in [3.05, 3.63) is 77.2 Å². The fourth-order valence-corrected chi connectivity index (χ4v) is 5.83. The number of hydrogen-bond donors (Lipinski definition) is 2. The van der Waals surface area contributed by atoms with E-state index in [0.29, 0.717) is 49.3 Å². The molecule has 2 aromatic carbocycles. The lowest BCUT2D eigenvalue weighted by molar-refractivity contribution is 0.385. The summed E-state index contributed by atoms with van der Waals surface area (Å²) in [5, 5.41) is 7.25. The smallest absolute Gasteiger partial charge is 0.243 e. The molecule has 3 aromatic rings. The second-order valence-corrected chi connectivity index (χ2v) is 10.6. The number of rotatable bonds is 5. The lowest BCUT2D eigenvalue weighted by atomic mass is 10.1. The fourth-order valence-electron chi connectivity index (χ4n) is 4.18. The molecule has 8 nitrogen and oxygen atoms in total. The Morgan fingerprint density at radius 3 is 2.65 bits per heavy atom. The number of nitrogens with one attached hydrogen (secondary N) is 2. The van der Waals surface area contributed by atoms with E-state index in [-0.39, 0.29) is 4.90 Å². The number of hydrogen-bond acceptors (Lipinski definition) is 7. The second-order valence-electron chi connectivity index (χ2n) is 8.20. The third-order valence-corrected chi connectivity index (χ3v) is 8.07. The van der Waals surface area contributed by atoms with Crippen LogP contribution in [0.3, 0.4) is 0 Å². The van der Waals surface area contributed by atoms with Crippen LogP contribution in [0, 0.1) is 6.92 Å². The maximum absolute atomic E-state index is 13.4. The molecule has 0 saturated carbocycles. The van der Waals surface area contributed by atoms with E-state index in [1.54, 1.807) is 28.7 Å². The van der Waals surface area contributed by atoms with Crippen molar-refractivity contribution in [1.29, 1.82) is 0 Å². The molecule has 10 heteroatoms. The third kappa shape index (κ3) is 4.59. The van der Waals surface area contributed by atoms with Crippen molar-refractivity contribution >= 4 is 44.5 Å².